The van der Waals surface area contributed by atoms with Gasteiger partial charge in [0.1, 0.15) is 0 Å². The molecule has 1 N–H and O–H groups in total. The van der Waals surface area contributed by atoms with Crippen LogP contribution in [0.3, 0.4) is 0 Å². The second kappa shape index (κ2) is 6.43. The van der Waals surface area contributed by atoms with E-state index < -0.39 is 0 Å². The minimum absolute atomic E-state index is 0.761. The second-order valence-corrected chi connectivity index (χ2v) is 3.53. The summed E-state index contributed by atoms with van der Waals surface area (Å²) < 4.78 is 0. The predicted molar refractivity (Wildman–Crippen MR) is 46.1 cm³/mol. The van der Waals surface area contributed by atoms with Crippen molar-refractivity contribution in [2.75, 3.05) is 19.3 Å². The Morgan fingerprint density at radius 3 is 2.67 bits per heavy atom. The molecule has 1 unspecified atom stereocenters. The molecule has 0 fully saturated rings. The first kappa shape index (κ1) is 9.31. The molecule has 0 rings (SSSR count). The maximum absolute atomic E-state index is 3.36. The molecule has 1 atom stereocenters. The van der Waals surface area contributed by atoms with Crippen LogP contribution in [0.2, 0.25) is 0 Å². The Kier molecular flexibility index (Phi) is 6.65. The first-order valence-corrected chi connectivity index (χ1v) is 4.83. The van der Waals surface area contributed by atoms with Gasteiger partial charge in [-0.3, -0.25) is 0 Å². The van der Waals surface area contributed by atoms with E-state index in [0.29, 0.717) is 0 Å². The summed E-state index contributed by atoms with van der Waals surface area (Å²) in [5, 5.41) is 4.13. The molecule has 0 aliphatic carbocycles. The lowest BCUT2D eigenvalue weighted by molar-refractivity contribution is 0.669. The molecule has 0 spiro atoms. The molecule has 0 aliphatic rings. The molecule has 0 aromatic carbocycles. The third-order valence-corrected chi connectivity index (χ3v) is 2.23. The molecular weight excluding hydrogens is 130 g/mol. The first-order valence-electron chi connectivity index (χ1n) is 3.54. The van der Waals surface area contributed by atoms with E-state index in [1.807, 2.05) is 11.8 Å². The van der Waals surface area contributed by atoms with Gasteiger partial charge in [0.25, 0.3) is 0 Å². The summed E-state index contributed by atoms with van der Waals surface area (Å²) in [6.45, 7) is 6.74. The Labute approximate surface area is 62.6 Å². The number of hydrogen-bond donors (Lipinski definition) is 1. The fraction of sp³-hybridized carbons (Fsp3) is 1.00. The lowest BCUT2D eigenvalue weighted by Crippen LogP contribution is -2.22. The second-order valence-electron chi connectivity index (χ2n) is 2.25. The zero-order valence-electron chi connectivity index (χ0n) is 6.61. The molecule has 0 aliphatic heterocycles. The van der Waals surface area contributed by atoms with Gasteiger partial charge in [-0.2, -0.15) is 11.8 Å². The van der Waals surface area contributed by atoms with Crippen molar-refractivity contribution in [2.45, 2.75) is 25.5 Å². The summed E-state index contributed by atoms with van der Waals surface area (Å²) in [5.74, 6) is 0. The van der Waals surface area contributed by atoms with Gasteiger partial charge in [0, 0.05) is 11.8 Å². The van der Waals surface area contributed by atoms with Gasteiger partial charge < -0.3 is 5.32 Å². The Morgan fingerprint density at radius 1 is 1.56 bits per heavy atom. The van der Waals surface area contributed by atoms with Crippen molar-refractivity contribution in [1.29, 1.82) is 0 Å². The Morgan fingerprint density at radius 2 is 2.22 bits per heavy atom. The molecular formula is C7H17NS. The van der Waals surface area contributed by atoms with Gasteiger partial charge in [-0.05, 0) is 19.2 Å². The van der Waals surface area contributed by atoms with Crippen molar-refractivity contribution in [3.63, 3.8) is 0 Å². The molecule has 0 heterocycles. The van der Waals surface area contributed by atoms with Crippen LogP contribution in [-0.2, 0) is 0 Å². The molecule has 1 nitrogen and oxygen atoms in total. The zero-order chi connectivity index (χ0) is 7.11. The highest BCUT2D eigenvalue weighted by Crippen LogP contribution is 2.01. The molecule has 0 bridgehead atoms. The van der Waals surface area contributed by atoms with Crippen molar-refractivity contribution >= 4 is 11.8 Å². The maximum Gasteiger partial charge on any atom is 0.0141 e. The molecule has 0 amide bonds. The van der Waals surface area contributed by atoms with Crippen LogP contribution in [-0.4, -0.2) is 24.6 Å². The van der Waals surface area contributed by atoms with Crippen molar-refractivity contribution in [1.82, 2.24) is 5.32 Å². The monoisotopic (exact) mass is 147 g/mol. The van der Waals surface area contributed by atoms with Gasteiger partial charge in [-0.15, -0.1) is 0 Å². The number of rotatable bonds is 5. The quantitative estimate of drug-likeness (QED) is 0.594. The number of thioether (sulfide) groups is 1. The average Bonchev–Trinajstić information content (AvgIpc) is 1.89. The third-order valence-electron chi connectivity index (χ3n) is 1.26. The van der Waals surface area contributed by atoms with E-state index in [0.717, 1.165) is 18.3 Å². The van der Waals surface area contributed by atoms with Crippen LogP contribution in [0.5, 0.6) is 0 Å². The molecule has 0 aromatic heterocycles. The standard InChI is InChI=1S/C7H17NS/c1-4-5-8-6-7(2)9-3/h7-8H,4-6H2,1-3H3. The van der Waals surface area contributed by atoms with Crippen LogP contribution < -0.4 is 5.32 Å². The van der Waals surface area contributed by atoms with Crippen molar-refractivity contribution in [2.24, 2.45) is 0 Å². The van der Waals surface area contributed by atoms with Crippen LogP contribution in [0, 0.1) is 0 Å². The molecule has 0 saturated carbocycles. The summed E-state index contributed by atoms with van der Waals surface area (Å²) in [7, 11) is 0. The molecule has 9 heavy (non-hydrogen) atoms. The fourth-order valence-electron chi connectivity index (χ4n) is 0.565. The molecule has 0 saturated heterocycles. The highest BCUT2D eigenvalue weighted by molar-refractivity contribution is 7.99. The maximum atomic E-state index is 3.36. The van der Waals surface area contributed by atoms with Crippen LogP contribution in [0.25, 0.3) is 0 Å². The zero-order valence-corrected chi connectivity index (χ0v) is 7.42. The van der Waals surface area contributed by atoms with Gasteiger partial charge in [0.15, 0.2) is 0 Å². The summed E-state index contributed by atoms with van der Waals surface area (Å²) in [6, 6.07) is 0. The summed E-state index contributed by atoms with van der Waals surface area (Å²) in [4.78, 5) is 0. The topological polar surface area (TPSA) is 12.0 Å². The Bertz CT molecular complexity index is 56.9. The molecule has 0 aromatic rings. The van der Waals surface area contributed by atoms with E-state index in [1.165, 1.54) is 6.42 Å². The van der Waals surface area contributed by atoms with Gasteiger partial charge in [-0.1, -0.05) is 13.8 Å². The normalized spacial score (nSPS) is 13.7. The Balaban J connectivity index is 2.88. The van der Waals surface area contributed by atoms with E-state index in [1.54, 1.807) is 0 Å². The van der Waals surface area contributed by atoms with Crippen LogP contribution in [0.1, 0.15) is 20.3 Å². The van der Waals surface area contributed by atoms with Gasteiger partial charge >= 0.3 is 0 Å². The van der Waals surface area contributed by atoms with E-state index in [2.05, 4.69) is 25.4 Å². The lowest BCUT2D eigenvalue weighted by Gasteiger charge is -2.07. The van der Waals surface area contributed by atoms with Crippen LogP contribution >= 0.6 is 11.8 Å². The van der Waals surface area contributed by atoms with E-state index in [9.17, 15) is 0 Å². The predicted octanol–water partition coefficient (Wildman–Crippen LogP) is 1.74. The van der Waals surface area contributed by atoms with E-state index in [4.69, 9.17) is 0 Å². The average molecular weight is 147 g/mol. The molecule has 0 radical (unpaired) electrons. The Hall–Kier alpha value is 0.310. The highest BCUT2D eigenvalue weighted by Gasteiger charge is 1.95. The molecule has 2 heteroatoms. The minimum Gasteiger partial charge on any atom is -0.316 e. The van der Waals surface area contributed by atoms with Gasteiger partial charge in [0.2, 0.25) is 0 Å². The lowest BCUT2D eigenvalue weighted by atomic mass is 10.4. The van der Waals surface area contributed by atoms with Crippen LogP contribution in [0.15, 0.2) is 0 Å². The summed E-state index contributed by atoms with van der Waals surface area (Å²) in [5.41, 5.74) is 0. The van der Waals surface area contributed by atoms with Crippen molar-refractivity contribution in [3.8, 4) is 0 Å². The smallest absolute Gasteiger partial charge is 0.0141 e. The van der Waals surface area contributed by atoms with Crippen LogP contribution in [0.4, 0.5) is 0 Å². The van der Waals surface area contributed by atoms with E-state index >= 15 is 0 Å². The van der Waals surface area contributed by atoms with Crippen molar-refractivity contribution in [3.05, 3.63) is 0 Å². The van der Waals surface area contributed by atoms with E-state index in [-0.39, 0.29) is 0 Å². The first-order chi connectivity index (χ1) is 4.31. The van der Waals surface area contributed by atoms with Crippen molar-refractivity contribution < 1.29 is 0 Å². The number of nitrogens with one attached hydrogen (secondary N) is 1. The summed E-state index contributed by atoms with van der Waals surface area (Å²) >= 11 is 1.91. The molecule has 56 valence electrons. The summed E-state index contributed by atoms with van der Waals surface area (Å²) in [6.07, 6.45) is 3.39. The largest absolute Gasteiger partial charge is 0.316 e. The number of hydrogen-bond acceptors (Lipinski definition) is 2. The minimum atomic E-state index is 0.761. The highest BCUT2D eigenvalue weighted by atomic mass is 32.2. The fourth-order valence-corrected chi connectivity index (χ4v) is 0.850. The van der Waals surface area contributed by atoms with Gasteiger partial charge in [-0.25, -0.2) is 0 Å². The van der Waals surface area contributed by atoms with Gasteiger partial charge in [0.05, 0.1) is 0 Å². The third kappa shape index (κ3) is 6.19. The SMILES string of the molecule is CCCNCC(C)SC.